The molecule has 0 saturated carbocycles. The van der Waals surface area contributed by atoms with E-state index in [0.29, 0.717) is 6.42 Å². The predicted octanol–water partition coefficient (Wildman–Crippen LogP) is 4.19. The molecule has 29 heavy (non-hydrogen) atoms. The standard InChI is InChI=1S/C24H24N2O3/c1-26(21-15-9-4-10-16-21)23(27)22(17-19-11-5-2-6-12-19)25-24(28)29-18-20-13-7-3-8-14-20/h2-16,22H,17-18H2,1H3,(H,25,28). The summed E-state index contributed by atoms with van der Waals surface area (Å²) in [6.45, 7) is 0.146. The number of nitrogens with zero attached hydrogens (tertiary/aromatic N) is 1. The molecule has 148 valence electrons. The minimum absolute atomic E-state index is 0.146. The molecule has 0 heterocycles. The van der Waals surface area contributed by atoms with Gasteiger partial charge in [0, 0.05) is 19.2 Å². The number of ether oxygens (including phenoxy) is 1. The van der Waals surface area contributed by atoms with E-state index < -0.39 is 12.1 Å². The average molecular weight is 388 g/mol. The Labute approximate surface area is 170 Å². The molecule has 1 N–H and O–H groups in total. The van der Waals surface area contributed by atoms with Crippen molar-refractivity contribution in [2.75, 3.05) is 11.9 Å². The number of para-hydroxylation sites is 1. The number of amides is 2. The second-order valence-electron chi connectivity index (χ2n) is 6.68. The minimum atomic E-state index is -0.745. The Morgan fingerprint density at radius 1 is 0.828 bits per heavy atom. The Balaban J connectivity index is 1.70. The van der Waals surface area contributed by atoms with Crippen LogP contribution in [0.4, 0.5) is 10.5 Å². The van der Waals surface area contributed by atoms with Crippen molar-refractivity contribution in [3.8, 4) is 0 Å². The quantitative estimate of drug-likeness (QED) is 0.660. The molecule has 5 nitrogen and oxygen atoms in total. The molecule has 0 aliphatic heterocycles. The molecular weight excluding hydrogens is 364 g/mol. The number of rotatable bonds is 7. The molecule has 0 saturated heterocycles. The monoisotopic (exact) mass is 388 g/mol. The molecule has 3 aromatic rings. The first-order valence-electron chi connectivity index (χ1n) is 9.47. The van der Waals surface area contributed by atoms with Gasteiger partial charge in [0.15, 0.2) is 0 Å². The third kappa shape index (κ3) is 5.94. The highest BCUT2D eigenvalue weighted by Crippen LogP contribution is 2.14. The lowest BCUT2D eigenvalue weighted by atomic mass is 10.0. The highest BCUT2D eigenvalue weighted by molar-refractivity contribution is 5.98. The third-order valence-electron chi connectivity index (χ3n) is 4.56. The summed E-state index contributed by atoms with van der Waals surface area (Å²) >= 11 is 0. The van der Waals surface area contributed by atoms with Gasteiger partial charge in [0.25, 0.3) is 0 Å². The maximum atomic E-state index is 13.1. The summed E-state index contributed by atoms with van der Waals surface area (Å²) in [5, 5.41) is 2.73. The van der Waals surface area contributed by atoms with Gasteiger partial charge in [-0.3, -0.25) is 4.79 Å². The predicted molar refractivity (Wildman–Crippen MR) is 114 cm³/mol. The van der Waals surface area contributed by atoms with Gasteiger partial charge < -0.3 is 15.0 Å². The molecule has 0 spiro atoms. The molecule has 2 amide bonds. The molecule has 3 rings (SSSR count). The average Bonchev–Trinajstić information content (AvgIpc) is 2.78. The zero-order valence-corrected chi connectivity index (χ0v) is 16.3. The maximum absolute atomic E-state index is 13.1. The summed E-state index contributed by atoms with van der Waals surface area (Å²) in [7, 11) is 1.70. The van der Waals surface area contributed by atoms with Crippen molar-refractivity contribution in [3.63, 3.8) is 0 Å². The van der Waals surface area contributed by atoms with E-state index in [1.165, 1.54) is 0 Å². The summed E-state index contributed by atoms with van der Waals surface area (Å²) in [5.74, 6) is -0.211. The van der Waals surface area contributed by atoms with Crippen LogP contribution >= 0.6 is 0 Å². The fourth-order valence-corrected chi connectivity index (χ4v) is 2.97. The van der Waals surface area contributed by atoms with E-state index in [2.05, 4.69) is 5.32 Å². The Morgan fingerprint density at radius 3 is 1.93 bits per heavy atom. The molecule has 0 fully saturated rings. The molecule has 1 atom stereocenters. The molecule has 0 bridgehead atoms. The Morgan fingerprint density at radius 2 is 1.34 bits per heavy atom. The fourth-order valence-electron chi connectivity index (χ4n) is 2.97. The number of nitrogens with one attached hydrogen (secondary N) is 1. The number of hydrogen-bond donors (Lipinski definition) is 1. The van der Waals surface area contributed by atoms with Gasteiger partial charge in [-0.15, -0.1) is 0 Å². The summed E-state index contributed by atoms with van der Waals surface area (Å²) in [6.07, 6.45) is -0.248. The van der Waals surface area contributed by atoms with Crippen molar-refractivity contribution in [2.45, 2.75) is 19.1 Å². The van der Waals surface area contributed by atoms with Crippen molar-refractivity contribution in [3.05, 3.63) is 102 Å². The van der Waals surface area contributed by atoms with Crippen LogP contribution in [0.1, 0.15) is 11.1 Å². The van der Waals surface area contributed by atoms with Gasteiger partial charge in [-0.1, -0.05) is 78.9 Å². The van der Waals surface area contributed by atoms with Crippen LogP contribution in [-0.4, -0.2) is 25.1 Å². The van der Waals surface area contributed by atoms with E-state index in [1.54, 1.807) is 11.9 Å². The van der Waals surface area contributed by atoms with Gasteiger partial charge in [0.1, 0.15) is 12.6 Å². The fraction of sp³-hybridized carbons (Fsp3) is 0.167. The van der Waals surface area contributed by atoms with Gasteiger partial charge in [-0.2, -0.15) is 0 Å². The van der Waals surface area contributed by atoms with Crippen LogP contribution < -0.4 is 10.2 Å². The molecule has 3 aromatic carbocycles. The number of hydrogen-bond acceptors (Lipinski definition) is 3. The zero-order chi connectivity index (χ0) is 20.5. The van der Waals surface area contributed by atoms with E-state index >= 15 is 0 Å². The lowest BCUT2D eigenvalue weighted by molar-refractivity contribution is -0.120. The molecule has 0 aromatic heterocycles. The number of benzene rings is 3. The van der Waals surface area contributed by atoms with E-state index in [1.807, 2.05) is 91.0 Å². The SMILES string of the molecule is CN(C(=O)C(Cc1ccccc1)NC(=O)OCc1ccccc1)c1ccccc1. The first-order valence-corrected chi connectivity index (χ1v) is 9.47. The summed E-state index contributed by atoms with van der Waals surface area (Å²) in [5.41, 5.74) is 2.60. The highest BCUT2D eigenvalue weighted by Gasteiger charge is 2.25. The first kappa shape index (κ1) is 20.1. The largest absolute Gasteiger partial charge is 0.445 e. The lowest BCUT2D eigenvalue weighted by Gasteiger charge is -2.24. The van der Waals surface area contributed by atoms with E-state index in [-0.39, 0.29) is 12.5 Å². The number of carbonyl (C=O) groups is 2. The van der Waals surface area contributed by atoms with Gasteiger partial charge in [0.2, 0.25) is 5.91 Å². The van der Waals surface area contributed by atoms with E-state index in [0.717, 1.165) is 16.8 Å². The van der Waals surface area contributed by atoms with E-state index in [4.69, 9.17) is 4.74 Å². The molecule has 5 heteroatoms. The number of anilines is 1. The summed E-state index contributed by atoms with van der Waals surface area (Å²) < 4.78 is 5.31. The van der Waals surface area contributed by atoms with Crippen molar-refractivity contribution in [2.24, 2.45) is 0 Å². The first-order chi connectivity index (χ1) is 14.1. The second kappa shape index (κ2) is 10.1. The zero-order valence-electron chi connectivity index (χ0n) is 16.3. The lowest BCUT2D eigenvalue weighted by Crippen LogP contribution is -2.48. The van der Waals surface area contributed by atoms with Gasteiger partial charge in [0.05, 0.1) is 0 Å². The van der Waals surface area contributed by atoms with Crippen LogP contribution in [0, 0.1) is 0 Å². The minimum Gasteiger partial charge on any atom is -0.445 e. The van der Waals surface area contributed by atoms with Crippen LogP contribution in [0.25, 0.3) is 0 Å². The van der Waals surface area contributed by atoms with Gasteiger partial charge >= 0.3 is 6.09 Å². The molecule has 0 aliphatic carbocycles. The van der Waals surface area contributed by atoms with Crippen LogP contribution in [0.2, 0.25) is 0 Å². The van der Waals surface area contributed by atoms with Crippen molar-refractivity contribution in [1.29, 1.82) is 0 Å². The third-order valence-corrected chi connectivity index (χ3v) is 4.56. The van der Waals surface area contributed by atoms with Crippen LogP contribution in [0.5, 0.6) is 0 Å². The molecular formula is C24H24N2O3. The second-order valence-corrected chi connectivity index (χ2v) is 6.68. The van der Waals surface area contributed by atoms with E-state index in [9.17, 15) is 9.59 Å². The number of carbonyl (C=O) groups excluding carboxylic acids is 2. The Hall–Kier alpha value is -3.60. The van der Waals surface area contributed by atoms with Gasteiger partial charge in [-0.05, 0) is 23.3 Å². The Kier molecular flexibility index (Phi) is 7.00. The van der Waals surface area contributed by atoms with Crippen LogP contribution in [-0.2, 0) is 22.6 Å². The number of likely N-dealkylation sites (N-methyl/N-ethyl adjacent to an activating group) is 1. The van der Waals surface area contributed by atoms with Crippen molar-refractivity contribution >= 4 is 17.7 Å². The van der Waals surface area contributed by atoms with Crippen molar-refractivity contribution in [1.82, 2.24) is 5.32 Å². The molecule has 0 aliphatic rings. The molecule has 1 unspecified atom stereocenters. The smallest absolute Gasteiger partial charge is 0.408 e. The van der Waals surface area contributed by atoms with Crippen LogP contribution in [0.3, 0.4) is 0 Å². The summed E-state index contributed by atoms with van der Waals surface area (Å²) in [6, 6.07) is 27.6. The number of alkyl carbamates (subject to hydrolysis) is 1. The normalized spacial score (nSPS) is 11.3. The van der Waals surface area contributed by atoms with Gasteiger partial charge in [-0.25, -0.2) is 4.79 Å². The summed E-state index contributed by atoms with van der Waals surface area (Å²) in [4.78, 5) is 27.0. The Bertz CT molecular complexity index is 915. The molecule has 0 radical (unpaired) electrons. The van der Waals surface area contributed by atoms with Crippen molar-refractivity contribution < 1.29 is 14.3 Å². The maximum Gasteiger partial charge on any atom is 0.408 e. The highest BCUT2D eigenvalue weighted by atomic mass is 16.5. The topological polar surface area (TPSA) is 58.6 Å². The van der Waals surface area contributed by atoms with Crippen LogP contribution in [0.15, 0.2) is 91.0 Å².